The molecule has 0 aromatic heterocycles. The smallest absolute Gasteiger partial charge is 0.405 e. The summed E-state index contributed by atoms with van der Waals surface area (Å²) in [5.74, 6) is -13.3. The fourth-order valence-electron chi connectivity index (χ4n) is 3.75. The van der Waals surface area contributed by atoms with E-state index in [-0.39, 0.29) is 21.2 Å². The van der Waals surface area contributed by atoms with E-state index in [0.717, 1.165) is 5.32 Å². The Morgan fingerprint density at radius 1 is 0.844 bits per heavy atom. The summed E-state index contributed by atoms with van der Waals surface area (Å²) in [7, 11) is 1.36. The molecule has 2 aromatic rings. The lowest BCUT2D eigenvalue weighted by atomic mass is 9.94. The zero-order valence-electron chi connectivity index (χ0n) is 24.2. The first-order chi connectivity index (χ1) is 20.8. The molecule has 0 spiro atoms. The van der Waals surface area contributed by atoms with Crippen LogP contribution in [-0.4, -0.2) is 67.2 Å². The van der Waals surface area contributed by atoms with Crippen LogP contribution in [0, 0.1) is 5.92 Å². The molecule has 0 aliphatic carbocycles. The number of amides is 4. The average Bonchev–Trinajstić information content (AvgIpc) is 2.97. The van der Waals surface area contributed by atoms with Gasteiger partial charge in [0, 0.05) is 5.02 Å². The van der Waals surface area contributed by atoms with Gasteiger partial charge < -0.3 is 26.0 Å². The maximum atomic E-state index is 14.7. The summed E-state index contributed by atoms with van der Waals surface area (Å²) in [5.41, 5.74) is 0.0365. The highest BCUT2D eigenvalue weighted by atomic mass is 35.5. The van der Waals surface area contributed by atoms with E-state index in [2.05, 4.69) is 16.0 Å². The molecule has 0 saturated carbocycles. The molecule has 0 heterocycles. The molecule has 0 saturated heterocycles. The van der Waals surface area contributed by atoms with Gasteiger partial charge in [-0.1, -0.05) is 49.2 Å². The molecule has 0 aliphatic rings. The van der Waals surface area contributed by atoms with Crippen molar-refractivity contribution >= 4 is 52.6 Å². The minimum absolute atomic E-state index is 0.0354. The monoisotopic (exact) mass is 682 g/mol. The Bertz CT molecular complexity index is 1420. The van der Waals surface area contributed by atoms with Crippen LogP contribution in [0.15, 0.2) is 42.5 Å². The van der Waals surface area contributed by atoms with Crippen molar-refractivity contribution in [1.82, 2.24) is 21.3 Å². The highest BCUT2D eigenvalue weighted by Gasteiger charge is 2.52. The Morgan fingerprint density at radius 2 is 1.44 bits per heavy atom. The molecule has 0 unspecified atom stereocenters. The summed E-state index contributed by atoms with van der Waals surface area (Å²) >= 11 is 11.9. The second-order valence-electron chi connectivity index (χ2n) is 10.0. The van der Waals surface area contributed by atoms with E-state index < -0.39 is 72.1 Å². The van der Waals surface area contributed by atoms with Crippen LogP contribution in [0.25, 0.3) is 0 Å². The summed E-state index contributed by atoms with van der Waals surface area (Å²) in [6.07, 6.45) is -5.03. The van der Waals surface area contributed by atoms with Crippen molar-refractivity contribution in [2.24, 2.45) is 5.92 Å². The van der Waals surface area contributed by atoms with E-state index >= 15 is 0 Å². The zero-order valence-corrected chi connectivity index (χ0v) is 25.7. The van der Waals surface area contributed by atoms with Crippen LogP contribution in [0.1, 0.15) is 42.7 Å². The number of hydrogen-bond donors (Lipinski definition) is 4. The molecular weight excluding hydrogens is 654 g/mol. The topological polar surface area (TPSA) is 143 Å². The number of carbonyl (C=O) groups excluding carboxylic acids is 5. The number of rotatable bonds is 13. The first kappa shape index (κ1) is 37.2. The van der Waals surface area contributed by atoms with Crippen molar-refractivity contribution in [3.8, 4) is 5.75 Å². The molecule has 0 aliphatic heterocycles. The maximum Gasteiger partial charge on any atom is 0.405 e. The summed E-state index contributed by atoms with van der Waals surface area (Å²) < 4.78 is 71.7. The normalized spacial score (nSPS) is 13.7. The Hall–Kier alpha value is -3.98. The fraction of sp³-hybridized carbons (Fsp3) is 0.393. The number of carbonyl (C=O) groups is 5. The second kappa shape index (κ2) is 15.3. The lowest BCUT2D eigenvalue weighted by Gasteiger charge is -2.28. The Labute approximate surface area is 264 Å². The van der Waals surface area contributed by atoms with Crippen LogP contribution in [-0.2, 0) is 19.2 Å². The van der Waals surface area contributed by atoms with Gasteiger partial charge >= 0.3 is 12.1 Å². The van der Waals surface area contributed by atoms with Crippen LogP contribution >= 0.6 is 23.2 Å². The summed E-state index contributed by atoms with van der Waals surface area (Å²) in [5, 5.41) is 8.00. The minimum atomic E-state index is -5.03. The molecule has 0 bridgehead atoms. The van der Waals surface area contributed by atoms with Gasteiger partial charge in [0.05, 0.1) is 23.7 Å². The number of methoxy groups -OCH3 is 1. The number of ketones is 1. The van der Waals surface area contributed by atoms with Gasteiger partial charge in [-0.25, -0.2) is 0 Å². The predicted octanol–water partition coefficient (Wildman–Crippen LogP) is 4.00. The van der Waals surface area contributed by atoms with Crippen molar-refractivity contribution in [1.29, 1.82) is 0 Å². The number of benzene rings is 2. The molecule has 4 amide bonds. The van der Waals surface area contributed by atoms with Crippen LogP contribution in [0.3, 0.4) is 0 Å². The lowest BCUT2D eigenvalue weighted by molar-refractivity contribution is -0.165. The Balaban J connectivity index is 2.33. The molecule has 3 atom stereocenters. The summed E-state index contributed by atoms with van der Waals surface area (Å²) in [4.78, 5) is 63.8. The first-order valence-corrected chi connectivity index (χ1v) is 13.8. The van der Waals surface area contributed by atoms with Crippen molar-refractivity contribution in [3.05, 3.63) is 63.6 Å². The maximum absolute atomic E-state index is 14.7. The summed E-state index contributed by atoms with van der Waals surface area (Å²) in [6, 6.07) is 4.57. The third-order valence-corrected chi connectivity index (χ3v) is 6.77. The van der Waals surface area contributed by atoms with Crippen molar-refractivity contribution in [3.63, 3.8) is 0 Å². The van der Waals surface area contributed by atoms with Gasteiger partial charge in [-0.2, -0.15) is 22.0 Å². The number of Topliss-reactive ketones (excluding diaryl/α,β-unsaturated/α-hetero) is 1. The third-order valence-electron chi connectivity index (χ3n) is 6.20. The third kappa shape index (κ3) is 10.3. The van der Waals surface area contributed by atoms with Crippen LogP contribution in [0.4, 0.5) is 22.0 Å². The Kier molecular flexibility index (Phi) is 12.7. The van der Waals surface area contributed by atoms with Gasteiger partial charge in [0.2, 0.25) is 17.6 Å². The lowest BCUT2D eigenvalue weighted by Crippen LogP contribution is -2.58. The second-order valence-corrected chi connectivity index (χ2v) is 10.8. The number of ether oxygens (including phenoxy) is 1. The molecule has 0 fully saturated rings. The van der Waals surface area contributed by atoms with Gasteiger partial charge in [-0.05, 0) is 48.7 Å². The predicted molar refractivity (Wildman–Crippen MR) is 153 cm³/mol. The van der Waals surface area contributed by atoms with Gasteiger partial charge in [-0.15, -0.1) is 0 Å². The summed E-state index contributed by atoms with van der Waals surface area (Å²) in [6.45, 7) is 1.64. The van der Waals surface area contributed by atoms with Crippen LogP contribution < -0.4 is 26.0 Å². The molecule has 2 aromatic carbocycles. The van der Waals surface area contributed by atoms with Crippen molar-refractivity contribution < 1.29 is 50.7 Å². The van der Waals surface area contributed by atoms with E-state index in [4.69, 9.17) is 27.9 Å². The van der Waals surface area contributed by atoms with Gasteiger partial charge in [0.1, 0.15) is 24.4 Å². The number of halogens is 7. The molecule has 4 N–H and O–H groups in total. The van der Waals surface area contributed by atoms with Crippen molar-refractivity contribution in [2.45, 2.75) is 51.0 Å². The molecule has 0 radical (unpaired) electrons. The van der Waals surface area contributed by atoms with E-state index in [0.29, 0.717) is 5.75 Å². The molecule has 2 rings (SSSR count). The zero-order chi connectivity index (χ0) is 34.3. The fourth-order valence-corrected chi connectivity index (χ4v) is 4.12. The minimum Gasteiger partial charge on any atom is -0.497 e. The average molecular weight is 683 g/mol. The largest absolute Gasteiger partial charge is 0.497 e. The highest BCUT2D eigenvalue weighted by Crippen LogP contribution is 2.24. The molecule has 10 nitrogen and oxygen atoms in total. The van der Waals surface area contributed by atoms with E-state index in [1.165, 1.54) is 70.3 Å². The van der Waals surface area contributed by atoms with Crippen molar-refractivity contribution in [2.75, 3.05) is 13.7 Å². The van der Waals surface area contributed by atoms with Crippen LogP contribution in [0.2, 0.25) is 10.0 Å². The first-order valence-electron chi connectivity index (χ1n) is 13.1. The van der Waals surface area contributed by atoms with Gasteiger partial charge in [-0.3, -0.25) is 24.0 Å². The quantitative estimate of drug-likeness (QED) is 0.186. The molecular formula is C28H29Cl2F5N4O6. The standard InChI is InChI=1S/C28H29Cl2F5N4O6/c1-13(2)20(22(40)28(34,35)26(44)36-12-27(31,32)33)38-25(43)21(15-5-8-17(45-4)9-6-15)39-23(41)14(3)37-24(42)18-11-16(29)7-10-19(18)30/h5-11,13-14,20-21H,12H2,1-4H3,(H,36,44)(H,37,42)(H,38,43)(H,39,41)/t14-,20-,21-/m0/s1. The molecule has 45 heavy (non-hydrogen) atoms. The van der Waals surface area contributed by atoms with E-state index in [1.807, 2.05) is 0 Å². The molecule has 246 valence electrons. The van der Waals surface area contributed by atoms with Crippen LogP contribution in [0.5, 0.6) is 5.75 Å². The van der Waals surface area contributed by atoms with E-state index in [1.54, 1.807) is 0 Å². The Morgan fingerprint density at radius 3 is 1.98 bits per heavy atom. The number of nitrogens with one attached hydrogen (secondary N) is 4. The number of alkyl halides is 5. The number of hydrogen-bond acceptors (Lipinski definition) is 6. The van der Waals surface area contributed by atoms with E-state index in [9.17, 15) is 45.9 Å². The molecule has 17 heteroatoms. The SMILES string of the molecule is COc1ccc([C@H](NC(=O)[C@H](C)NC(=O)c2cc(Cl)ccc2Cl)C(=O)N[C@H](C(=O)C(F)(F)C(=O)NCC(F)(F)F)C(C)C)cc1. The van der Waals surface area contributed by atoms with Gasteiger partial charge in [0.15, 0.2) is 0 Å². The highest BCUT2D eigenvalue weighted by molar-refractivity contribution is 6.35. The van der Waals surface area contributed by atoms with Gasteiger partial charge in [0.25, 0.3) is 11.8 Å².